The van der Waals surface area contributed by atoms with Gasteiger partial charge >= 0.3 is 5.97 Å². The van der Waals surface area contributed by atoms with E-state index < -0.39 is 5.97 Å². The summed E-state index contributed by atoms with van der Waals surface area (Å²) in [5, 5.41) is 9.44. The lowest BCUT2D eigenvalue weighted by molar-refractivity contribution is -0.134. The lowest BCUT2D eigenvalue weighted by Gasteiger charge is -2.08. The second-order valence-corrected chi connectivity index (χ2v) is 3.03. The first-order valence-electron chi connectivity index (χ1n) is 4.59. The zero-order valence-electron chi connectivity index (χ0n) is 8.61. The van der Waals surface area contributed by atoms with Crippen molar-refractivity contribution < 1.29 is 19.4 Å². The minimum Gasteiger partial charge on any atom is -0.507 e. The zero-order chi connectivity index (χ0) is 11.4. The predicted molar refractivity (Wildman–Crippen MR) is 54.0 cm³/mol. The van der Waals surface area contributed by atoms with Gasteiger partial charge in [-0.2, -0.15) is 0 Å². The molecule has 0 unspecified atom stereocenters. The number of carbonyl (C=O) groups is 2. The number of esters is 1. The monoisotopic (exact) mass is 208 g/mol. The molecule has 1 aromatic rings. The summed E-state index contributed by atoms with van der Waals surface area (Å²) in [7, 11) is 0. The number of phenolic OH excluding ortho intramolecular Hbond substituents is 1. The Hall–Kier alpha value is -1.84. The fraction of sp³-hybridized carbons (Fsp3) is 0.273. The van der Waals surface area contributed by atoms with Crippen LogP contribution in [0.2, 0.25) is 0 Å². The van der Waals surface area contributed by atoms with Crippen molar-refractivity contribution in [3.05, 3.63) is 23.8 Å². The predicted octanol–water partition coefficient (Wildman–Crippen LogP) is 1.91. The number of ether oxygens (including phenoxy) is 1. The van der Waals surface area contributed by atoms with E-state index in [9.17, 15) is 14.7 Å². The number of Topliss-reactive ketones (excluding diaryl/α,β-unsaturated/α-hetero) is 1. The summed E-state index contributed by atoms with van der Waals surface area (Å²) in [6.45, 7) is 2.96. The van der Waals surface area contributed by atoms with Crippen molar-refractivity contribution >= 4 is 11.8 Å². The first-order valence-corrected chi connectivity index (χ1v) is 4.59. The van der Waals surface area contributed by atoms with Gasteiger partial charge < -0.3 is 9.84 Å². The molecule has 0 amide bonds. The fourth-order valence-electron chi connectivity index (χ4n) is 1.15. The molecule has 1 aromatic carbocycles. The number of carbonyl (C=O) groups excluding carboxylic acids is 2. The Balaban J connectivity index is 3.11. The Kier molecular flexibility index (Phi) is 3.44. The molecule has 0 saturated carbocycles. The van der Waals surface area contributed by atoms with Crippen LogP contribution in [0.3, 0.4) is 0 Å². The molecular formula is C11H12O4. The lowest BCUT2D eigenvalue weighted by Crippen LogP contribution is -2.08. The van der Waals surface area contributed by atoms with Crippen molar-refractivity contribution in [1.82, 2.24) is 0 Å². The number of rotatable bonds is 3. The number of ketones is 1. The second-order valence-electron chi connectivity index (χ2n) is 3.03. The molecule has 0 aliphatic heterocycles. The quantitative estimate of drug-likeness (QED) is 0.468. The Morgan fingerprint density at radius 3 is 2.60 bits per heavy atom. The van der Waals surface area contributed by atoms with Gasteiger partial charge in [0.15, 0.2) is 5.78 Å². The molecule has 15 heavy (non-hydrogen) atoms. The number of hydrogen-bond acceptors (Lipinski definition) is 4. The molecule has 0 bridgehead atoms. The van der Waals surface area contributed by atoms with E-state index in [0.29, 0.717) is 0 Å². The third-order valence-electron chi connectivity index (χ3n) is 1.87. The molecule has 0 radical (unpaired) electrons. The Morgan fingerprint density at radius 2 is 2.07 bits per heavy atom. The first kappa shape index (κ1) is 11.2. The van der Waals surface area contributed by atoms with Crippen molar-refractivity contribution in [2.75, 3.05) is 0 Å². The summed E-state index contributed by atoms with van der Waals surface area (Å²) < 4.78 is 4.92. The molecule has 0 aliphatic carbocycles. The molecule has 0 atom stereocenters. The minimum atomic E-state index is -0.442. The molecule has 80 valence electrons. The summed E-state index contributed by atoms with van der Waals surface area (Å²) in [5.74, 6) is -0.853. The number of phenols is 1. The highest BCUT2D eigenvalue weighted by atomic mass is 16.5. The molecule has 0 heterocycles. The molecule has 4 nitrogen and oxygen atoms in total. The van der Waals surface area contributed by atoms with E-state index in [4.69, 9.17) is 4.74 Å². The van der Waals surface area contributed by atoms with Crippen LogP contribution in [0.15, 0.2) is 18.2 Å². The number of hydrogen-bond donors (Lipinski definition) is 1. The van der Waals surface area contributed by atoms with Crippen LogP contribution in [0.5, 0.6) is 11.5 Å². The molecule has 0 aromatic heterocycles. The summed E-state index contributed by atoms with van der Waals surface area (Å²) in [4.78, 5) is 22.3. The van der Waals surface area contributed by atoms with Crippen LogP contribution in [-0.2, 0) is 4.79 Å². The minimum absolute atomic E-state index is 0.0410. The van der Waals surface area contributed by atoms with Gasteiger partial charge in [-0.1, -0.05) is 13.0 Å². The maximum Gasteiger partial charge on any atom is 0.310 e. The summed E-state index contributed by atoms with van der Waals surface area (Å²) in [5.41, 5.74) is 0.0410. The highest BCUT2D eigenvalue weighted by Crippen LogP contribution is 2.28. The lowest BCUT2D eigenvalue weighted by atomic mass is 10.1. The standard InChI is InChI=1S/C11H12O4/c1-3-10(14)15-9-6-4-5-8(13)11(9)7(2)12/h4-6,13H,3H2,1-2H3. The molecule has 0 saturated heterocycles. The molecule has 1 rings (SSSR count). The second kappa shape index (κ2) is 4.59. The Labute approximate surface area is 87.5 Å². The van der Waals surface area contributed by atoms with Gasteiger partial charge in [-0.15, -0.1) is 0 Å². The van der Waals surface area contributed by atoms with E-state index in [1.807, 2.05) is 0 Å². The van der Waals surface area contributed by atoms with Crippen LogP contribution < -0.4 is 4.74 Å². The molecule has 0 aliphatic rings. The van der Waals surface area contributed by atoms with E-state index in [1.165, 1.54) is 25.1 Å². The van der Waals surface area contributed by atoms with E-state index in [-0.39, 0.29) is 29.3 Å². The van der Waals surface area contributed by atoms with Gasteiger partial charge in [0, 0.05) is 6.42 Å². The van der Waals surface area contributed by atoms with Crippen LogP contribution in [0.25, 0.3) is 0 Å². The first-order chi connectivity index (χ1) is 7.06. The largest absolute Gasteiger partial charge is 0.507 e. The topological polar surface area (TPSA) is 63.6 Å². The van der Waals surface area contributed by atoms with Crippen molar-refractivity contribution in [1.29, 1.82) is 0 Å². The van der Waals surface area contributed by atoms with E-state index in [2.05, 4.69) is 0 Å². The van der Waals surface area contributed by atoms with Gasteiger partial charge in [0.1, 0.15) is 17.1 Å². The molecule has 4 heteroatoms. The summed E-state index contributed by atoms with van der Waals surface area (Å²) in [6, 6.07) is 4.37. The molecule has 0 fully saturated rings. The molecular weight excluding hydrogens is 196 g/mol. The number of benzene rings is 1. The smallest absolute Gasteiger partial charge is 0.310 e. The maximum absolute atomic E-state index is 11.2. The van der Waals surface area contributed by atoms with Crippen molar-refractivity contribution in [3.63, 3.8) is 0 Å². The van der Waals surface area contributed by atoms with Crippen molar-refractivity contribution in [2.24, 2.45) is 0 Å². The van der Waals surface area contributed by atoms with Gasteiger partial charge in [-0.25, -0.2) is 0 Å². The Bertz CT molecular complexity index is 396. The maximum atomic E-state index is 11.2. The van der Waals surface area contributed by atoms with E-state index >= 15 is 0 Å². The van der Waals surface area contributed by atoms with Gasteiger partial charge in [0.25, 0.3) is 0 Å². The van der Waals surface area contributed by atoms with Crippen LogP contribution in [0.1, 0.15) is 30.6 Å². The van der Waals surface area contributed by atoms with E-state index in [0.717, 1.165) is 0 Å². The molecule has 1 N–H and O–H groups in total. The third kappa shape index (κ3) is 2.56. The normalized spacial score (nSPS) is 9.73. The van der Waals surface area contributed by atoms with Crippen molar-refractivity contribution in [2.45, 2.75) is 20.3 Å². The van der Waals surface area contributed by atoms with Gasteiger partial charge in [0.2, 0.25) is 0 Å². The van der Waals surface area contributed by atoms with Crippen LogP contribution in [0, 0.1) is 0 Å². The Morgan fingerprint density at radius 1 is 1.40 bits per heavy atom. The van der Waals surface area contributed by atoms with Gasteiger partial charge in [-0.05, 0) is 19.1 Å². The van der Waals surface area contributed by atoms with Crippen molar-refractivity contribution in [3.8, 4) is 11.5 Å². The highest BCUT2D eigenvalue weighted by Gasteiger charge is 2.15. The zero-order valence-corrected chi connectivity index (χ0v) is 8.61. The van der Waals surface area contributed by atoms with E-state index in [1.54, 1.807) is 6.92 Å². The van der Waals surface area contributed by atoms with Gasteiger partial charge in [-0.3, -0.25) is 9.59 Å². The summed E-state index contributed by atoms with van der Waals surface area (Å²) >= 11 is 0. The third-order valence-corrected chi connectivity index (χ3v) is 1.87. The average Bonchev–Trinajstić information content (AvgIpc) is 2.17. The number of aromatic hydroxyl groups is 1. The van der Waals surface area contributed by atoms with Crippen LogP contribution >= 0.6 is 0 Å². The SMILES string of the molecule is CCC(=O)Oc1cccc(O)c1C(C)=O. The molecule has 0 spiro atoms. The van der Waals surface area contributed by atoms with Crippen LogP contribution in [-0.4, -0.2) is 16.9 Å². The highest BCUT2D eigenvalue weighted by molar-refractivity contribution is 6.00. The average molecular weight is 208 g/mol. The fourth-order valence-corrected chi connectivity index (χ4v) is 1.15. The van der Waals surface area contributed by atoms with Crippen LogP contribution in [0.4, 0.5) is 0 Å². The summed E-state index contributed by atoms with van der Waals surface area (Å²) in [6.07, 6.45) is 0.215. The van der Waals surface area contributed by atoms with Gasteiger partial charge in [0.05, 0.1) is 0 Å².